The van der Waals surface area contributed by atoms with E-state index in [0.29, 0.717) is 0 Å². The molecule has 0 aliphatic carbocycles. The number of para-hydroxylation sites is 1. The standard InChI is InChI=1S/C43H25N5/c1-2-7-26(8-3-1)39-33-10-4-5-11-36(33)47-43-34(39)18-13-28-14-20-38(48-41(28)43)37-21-16-30-25-29(15-19-35(30)46-37)31-22-24-45-42-32(31)17-12-27-9-6-23-44-40(27)42/h1-25H. The molecule has 0 atom stereocenters. The first-order valence-electron chi connectivity index (χ1n) is 16.0. The number of rotatable bonds is 3. The molecule has 0 saturated heterocycles. The van der Waals surface area contributed by atoms with Crippen LogP contribution >= 0.6 is 0 Å². The molecular formula is C43H25N5. The second-order valence-corrected chi connectivity index (χ2v) is 12.1. The van der Waals surface area contributed by atoms with Gasteiger partial charge in [-0.25, -0.2) is 15.0 Å². The van der Waals surface area contributed by atoms with Crippen molar-refractivity contribution >= 4 is 65.4 Å². The van der Waals surface area contributed by atoms with Crippen LogP contribution in [0.25, 0.3) is 99.1 Å². The van der Waals surface area contributed by atoms with Crippen molar-refractivity contribution in [1.82, 2.24) is 24.9 Å². The van der Waals surface area contributed by atoms with Gasteiger partial charge in [0.25, 0.3) is 0 Å². The molecule has 5 aromatic heterocycles. The van der Waals surface area contributed by atoms with Crippen molar-refractivity contribution in [2.45, 2.75) is 0 Å². The minimum atomic E-state index is 0.816. The molecule has 0 aliphatic rings. The summed E-state index contributed by atoms with van der Waals surface area (Å²) < 4.78 is 0. The maximum atomic E-state index is 5.21. The zero-order chi connectivity index (χ0) is 31.6. The fraction of sp³-hybridized carbons (Fsp3) is 0. The molecule has 0 saturated carbocycles. The van der Waals surface area contributed by atoms with Gasteiger partial charge >= 0.3 is 0 Å². The Labute approximate surface area is 275 Å². The molecule has 5 nitrogen and oxygen atoms in total. The molecule has 0 aliphatic heterocycles. The van der Waals surface area contributed by atoms with Crippen molar-refractivity contribution in [2.75, 3.05) is 0 Å². The number of benzene rings is 5. The molecule has 48 heavy (non-hydrogen) atoms. The summed E-state index contributed by atoms with van der Waals surface area (Å²) in [5, 5.41) is 6.49. The predicted octanol–water partition coefficient (Wildman–Crippen LogP) is 10.6. The summed E-state index contributed by atoms with van der Waals surface area (Å²) in [6.07, 6.45) is 3.69. The topological polar surface area (TPSA) is 64.5 Å². The third kappa shape index (κ3) is 4.15. The van der Waals surface area contributed by atoms with Gasteiger partial charge in [-0.1, -0.05) is 97.1 Å². The van der Waals surface area contributed by atoms with Crippen LogP contribution in [0.1, 0.15) is 0 Å². The van der Waals surface area contributed by atoms with Gasteiger partial charge in [0.2, 0.25) is 0 Å². The lowest BCUT2D eigenvalue weighted by molar-refractivity contribution is 1.32. The molecule has 0 amide bonds. The van der Waals surface area contributed by atoms with E-state index >= 15 is 0 Å². The molecule has 0 fully saturated rings. The predicted molar refractivity (Wildman–Crippen MR) is 197 cm³/mol. The summed E-state index contributed by atoms with van der Waals surface area (Å²) >= 11 is 0. The minimum absolute atomic E-state index is 0.816. The summed E-state index contributed by atoms with van der Waals surface area (Å²) in [5.41, 5.74) is 11.7. The van der Waals surface area contributed by atoms with E-state index in [2.05, 4.69) is 132 Å². The van der Waals surface area contributed by atoms with Crippen molar-refractivity contribution in [2.24, 2.45) is 0 Å². The van der Waals surface area contributed by atoms with Gasteiger partial charge in [-0.3, -0.25) is 9.97 Å². The minimum Gasteiger partial charge on any atom is -0.254 e. The quantitative estimate of drug-likeness (QED) is 0.147. The van der Waals surface area contributed by atoms with E-state index in [1.807, 2.05) is 24.5 Å². The fourth-order valence-corrected chi connectivity index (χ4v) is 7.04. The summed E-state index contributed by atoms with van der Waals surface area (Å²) in [6, 6.07) is 48.4. The SMILES string of the molecule is c1ccc(-c2c3ccccc3nc3c2ccc2ccc(-c4ccc5cc(-c6ccnc7c6ccc6cccnc67)ccc5n4)nc23)cc1. The van der Waals surface area contributed by atoms with Crippen LogP contribution in [0, 0.1) is 0 Å². The van der Waals surface area contributed by atoms with Gasteiger partial charge in [-0.05, 0) is 59.2 Å². The van der Waals surface area contributed by atoms with E-state index < -0.39 is 0 Å². The molecule has 5 heterocycles. The Kier molecular flexibility index (Phi) is 5.81. The third-order valence-corrected chi connectivity index (χ3v) is 9.32. The lowest BCUT2D eigenvalue weighted by Gasteiger charge is -2.13. The third-order valence-electron chi connectivity index (χ3n) is 9.32. The first-order valence-corrected chi connectivity index (χ1v) is 16.0. The van der Waals surface area contributed by atoms with E-state index in [-0.39, 0.29) is 0 Å². The summed E-state index contributed by atoms with van der Waals surface area (Å²) in [7, 11) is 0. The Morgan fingerprint density at radius 3 is 2.02 bits per heavy atom. The van der Waals surface area contributed by atoms with Crippen LogP contribution in [0.5, 0.6) is 0 Å². The molecule has 0 spiro atoms. The molecule has 0 radical (unpaired) electrons. The highest BCUT2D eigenvalue weighted by Gasteiger charge is 2.15. The fourth-order valence-electron chi connectivity index (χ4n) is 7.04. The lowest BCUT2D eigenvalue weighted by atomic mass is 9.95. The number of aromatic nitrogens is 5. The number of fused-ring (bicyclic) bond motifs is 8. The number of nitrogens with zero attached hydrogens (tertiary/aromatic N) is 5. The number of hydrogen-bond acceptors (Lipinski definition) is 5. The molecule has 5 aromatic carbocycles. The van der Waals surface area contributed by atoms with Crippen molar-refractivity contribution < 1.29 is 0 Å². The van der Waals surface area contributed by atoms with Crippen LogP contribution in [0.3, 0.4) is 0 Å². The average Bonchev–Trinajstić information content (AvgIpc) is 3.16. The van der Waals surface area contributed by atoms with Crippen LogP contribution in [0.15, 0.2) is 152 Å². The van der Waals surface area contributed by atoms with Gasteiger partial charge in [-0.15, -0.1) is 0 Å². The van der Waals surface area contributed by atoms with E-state index in [4.69, 9.17) is 19.9 Å². The summed E-state index contributed by atoms with van der Waals surface area (Å²) in [5.74, 6) is 0. The van der Waals surface area contributed by atoms with Gasteiger partial charge < -0.3 is 0 Å². The zero-order valence-electron chi connectivity index (χ0n) is 25.7. The Balaban J connectivity index is 1.10. The smallest absolute Gasteiger partial charge is 0.0978 e. The largest absolute Gasteiger partial charge is 0.254 e. The molecule has 0 N–H and O–H groups in total. The Morgan fingerprint density at radius 2 is 1.10 bits per heavy atom. The maximum absolute atomic E-state index is 5.21. The van der Waals surface area contributed by atoms with Crippen molar-refractivity contribution in [3.63, 3.8) is 0 Å². The van der Waals surface area contributed by atoms with E-state index in [0.717, 1.165) is 93.5 Å². The van der Waals surface area contributed by atoms with Crippen LogP contribution in [0.4, 0.5) is 0 Å². The molecule has 10 aromatic rings. The van der Waals surface area contributed by atoms with Crippen LogP contribution in [0.2, 0.25) is 0 Å². The van der Waals surface area contributed by atoms with Crippen molar-refractivity contribution in [3.8, 4) is 33.6 Å². The maximum Gasteiger partial charge on any atom is 0.0978 e. The highest BCUT2D eigenvalue weighted by molar-refractivity contribution is 6.16. The zero-order valence-corrected chi connectivity index (χ0v) is 25.7. The van der Waals surface area contributed by atoms with Crippen molar-refractivity contribution in [3.05, 3.63) is 152 Å². The van der Waals surface area contributed by atoms with Gasteiger partial charge in [0.05, 0.1) is 44.5 Å². The summed E-state index contributed by atoms with van der Waals surface area (Å²) in [4.78, 5) is 24.8. The van der Waals surface area contributed by atoms with Gasteiger partial charge in [0.1, 0.15) is 0 Å². The average molecular weight is 612 g/mol. The highest BCUT2D eigenvalue weighted by Crippen LogP contribution is 2.38. The second kappa shape index (κ2) is 10.5. The molecule has 222 valence electrons. The molecular weight excluding hydrogens is 587 g/mol. The van der Waals surface area contributed by atoms with Gasteiger partial charge in [0.15, 0.2) is 0 Å². The Hall–Kier alpha value is -6.59. The van der Waals surface area contributed by atoms with Crippen molar-refractivity contribution in [1.29, 1.82) is 0 Å². The van der Waals surface area contributed by atoms with E-state index in [9.17, 15) is 0 Å². The molecule has 0 bridgehead atoms. The highest BCUT2D eigenvalue weighted by atomic mass is 14.8. The van der Waals surface area contributed by atoms with E-state index in [1.54, 1.807) is 0 Å². The van der Waals surface area contributed by atoms with Crippen LogP contribution in [-0.4, -0.2) is 24.9 Å². The Morgan fingerprint density at radius 1 is 0.354 bits per heavy atom. The number of hydrogen-bond donors (Lipinski definition) is 0. The van der Waals surface area contributed by atoms with Crippen LogP contribution in [-0.2, 0) is 0 Å². The van der Waals surface area contributed by atoms with Crippen LogP contribution < -0.4 is 0 Å². The van der Waals surface area contributed by atoms with E-state index in [1.165, 1.54) is 5.56 Å². The monoisotopic (exact) mass is 611 g/mol. The first kappa shape index (κ1) is 26.6. The molecule has 5 heteroatoms. The second-order valence-electron chi connectivity index (χ2n) is 12.1. The first-order chi connectivity index (χ1) is 23.8. The molecule has 10 rings (SSSR count). The van der Waals surface area contributed by atoms with Gasteiger partial charge in [0, 0.05) is 50.3 Å². The number of pyridine rings is 5. The Bertz CT molecular complexity index is 2900. The van der Waals surface area contributed by atoms with Gasteiger partial charge in [-0.2, -0.15) is 0 Å². The lowest BCUT2D eigenvalue weighted by Crippen LogP contribution is -1.94. The summed E-state index contributed by atoms with van der Waals surface area (Å²) in [6.45, 7) is 0. The normalized spacial score (nSPS) is 11.8. The molecule has 0 unspecified atom stereocenters.